The molecule has 0 spiro atoms. The zero-order chi connectivity index (χ0) is 23.3. The molecule has 8 heteroatoms. The highest BCUT2D eigenvalue weighted by molar-refractivity contribution is 5.56. The van der Waals surface area contributed by atoms with Crippen molar-refractivity contribution in [2.75, 3.05) is 14.2 Å². The maximum absolute atomic E-state index is 13.1. The van der Waals surface area contributed by atoms with Crippen LogP contribution in [0.4, 0.5) is 13.2 Å². The van der Waals surface area contributed by atoms with E-state index in [2.05, 4.69) is 35.2 Å². The lowest BCUT2D eigenvalue weighted by atomic mass is 10.1. The van der Waals surface area contributed by atoms with E-state index in [1.165, 1.54) is 42.2 Å². The lowest BCUT2D eigenvalue weighted by Gasteiger charge is -2.12. The summed E-state index contributed by atoms with van der Waals surface area (Å²) in [5, 5.41) is 7.57. The van der Waals surface area contributed by atoms with Crippen molar-refractivity contribution in [1.29, 1.82) is 0 Å². The van der Waals surface area contributed by atoms with Crippen LogP contribution in [0.1, 0.15) is 48.6 Å². The second-order valence-electron chi connectivity index (χ2n) is 7.73. The Morgan fingerprint density at radius 3 is 2.19 bits per heavy atom. The maximum Gasteiger partial charge on any atom is 0.423 e. The van der Waals surface area contributed by atoms with Crippen molar-refractivity contribution < 1.29 is 22.6 Å². The number of methoxy groups -OCH3 is 2. The van der Waals surface area contributed by atoms with Crippen LogP contribution in [0, 0.1) is 18.8 Å². The molecule has 3 aromatic rings. The first-order chi connectivity index (χ1) is 15.4. The predicted octanol–water partition coefficient (Wildman–Crippen LogP) is 5.53. The van der Waals surface area contributed by atoms with E-state index < -0.39 is 11.7 Å². The number of rotatable bonds is 5. The summed E-state index contributed by atoms with van der Waals surface area (Å²) in [7, 11) is 2.95. The molecule has 2 aliphatic rings. The number of hydrogen-bond donors (Lipinski definition) is 0. The van der Waals surface area contributed by atoms with Gasteiger partial charge >= 0.3 is 6.18 Å². The summed E-state index contributed by atoms with van der Waals surface area (Å²) < 4.78 is 50.7. The second kappa shape index (κ2) is 9.94. The Kier molecular flexibility index (Phi) is 7.29. The van der Waals surface area contributed by atoms with Crippen LogP contribution in [0.5, 0.6) is 11.5 Å². The highest BCUT2D eigenvalue weighted by Crippen LogP contribution is 2.44. The number of fused-ring (bicyclic) bond motifs is 1. The van der Waals surface area contributed by atoms with Crippen LogP contribution in [0.2, 0.25) is 0 Å². The van der Waals surface area contributed by atoms with Gasteiger partial charge in [0.15, 0.2) is 5.65 Å². The van der Waals surface area contributed by atoms with Crippen LogP contribution in [0.3, 0.4) is 0 Å². The number of benzene rings is 1. The number of aromatic nitrogens is 3. The van der Waals surface area contributed by atoms with E-state index in [1.54, 1.807) is 7.11 Å². The van der Waals surface area contributed by atoms with Crippen molar-refractivity contribution >= 4 is 5.65 Å². The van der Waals surface area contributed by atoms with Crippen LogP contribution in [-0.2, 0) is 12.6 Å². The van der Waals surface area contributed by atoms with Gasteiger partial charge in [0, 0.05) is 12.6 Å². The molecular weight excluding hydrogens is 419 g/mol. The monoisotopic (exact) mass is 445 g/mol. The molecule has 0 N–H and O–H groups in total. The molecule has 2 heterocycles. The van der Waals surface area contributed by atoms with Gasteiger partial charge in [0.1, 0.15) is 22.9 Å². The van der Waals surface area contributed by atoms with Gasteiger partial charge in [-0.25, -0.2) is 0 Å². The molecule has 0 unspecified atom stereocenters. The molecule has 0 saturated heterocycles. The van der Waals surface area contributed by atoms with Crippen molar-refractivity contribution in [3.8, 4) is 24.3 Å². The SMILES string of the molecule is C#C.COc1ccccc1C1CC1.COc1ccn2c(CC3CC3)nnc2c1C(F)(F)F. The van der Waals surface area contributed by atoms with Gasteiger partial charge in [0.25, 0.3) is 0 Å². The molecule has 1 aromatic carbocycles. The molecule has 0 bridgehead atoms. The van der Waals surface area contributed by atoms with Crippen molar-refractivity contribution in [2.24, 2.45) is 5.92 Å². The lowest BCUT2D eigenvalue weighted by Crippen LogP contribution is -2.10. The van der Waals surface area contributed by atoms with E-state index in [1.807, 2.05) is 12.1 Å². The summed E-state index contributed by atoms with van der Waals surface area (Å²) in [6, 6.07) is 9.60. The number of pyridine rings is 1. The molecule has 5 rings (SSSR count). The Balaban J connectivity index is 0.000000189. The molecule has 0 atom stereocenters. The highest BCUT2D eigenvalue weighted by atomic mass is 19.4. The fraction of sp³-hybridized carbons (Fsp3) is 0.417. The third-order valence-corrected chi connectivity index (χ3v) is 5.44. The first kappa shape index (κ1) is 23.5. The summed E-state index contributed by atoms with van der Waals surface area (Å²) >= 11 is 0. The molecule has 32 heavy (non-hydrogen) atoms. The Hall–Kier alpha value is -3.21. The summed E-state index contributed by atoms with van der Waals surface area (Å²) in [6.07, 6.45) is 10.6. The maximum atomic E-state index is 13.1. The standard InChI is InChI=1S/C12H12F3N3O.C10H12O.C2H2/c1-19-8-4-5-18-9(6-7-2-3-7)16-17-11(18)10(8)12(13,14)15;1-11-10-5-3-2-4-9(10)8-6-7-8;1-2/h4-5,7H,2-3,6H2,1H3;2-5,8H,6-7H2,1H3;1-2H. The van der Waals surface area contributed by atoms with E-state index in [0.717, 1.165) is 24.5 Å². The quantitative estimate of drug-likeness (QED) is 0.485. The predicted molar refractivity (Wildman–Crippen MR) is 116 cm³/mol. The van der Waals surface area contributed by atoms with Crippen LogP contribution in [0.25, 0.3) is 5.65 Å². The molecule has 2 saturated carbocycles. The molecular formula is C24H26F3N3O2. The highest BCUT2D eigenvalue weighted by Gasteiger charge is 2.38. The molecule has 2 fully saturated rings. The van der Waals surface area contributed by atoms with Gasteiger partial charge in [0.05, 0.1) is 14.2 Å². The Bertz CT molecular complexity index is 1070. The van der Waals surface area contributed by atoms with Gasteiger partial charge in [-0.15, -0.1) is 23.0 Å². The molecule has 0 radical (unpaired) electrons. The second-order valence-corrected chi connectivity index (χ2v) is 7.73. The van der Waals surface area contributed by atoms with Gasteiger partial charge in [0.2, 0.25) is 0 Å². The number of para-hydroxylation sites is 1. The molecule has 2 aliphatic carbocycles. The van der Waals surface area contributed by atoms with Crippen LogP contribution >= 0.6 is 0 Å². The van der Waals surface area contributed by atoms with E-state index in [4.69, 9.17) is 9.47 Å². The van der Waals surface area contributed by atoms with Gasteiger partial charge < -0.3 is 9.47 Å². The Morgan fingerprint density at radius 2 is 1.62 bits per heavy atom. The van der Waals surface area contributed by atoms with Gasteiger partial charge in [-0.2, -0.15) is 13.2 Å². The number of hydrogen-bond acceptors (Lipinski definition) is 4. The lowest BCUT2D eigenvalue weighted by molar-refractivity contribution is -0.137. The van der Waals surface area contributed by atoms with Crippen molar-refractivity contribution in [2.45, 2.75) is 44.2 Å². The van der Waals surface area contributed by atoms with E-state index in [-0.39, 0.29) is 11.4 Å². The number of terminal acetylenes is 1. The number of halogens is 3. The largest absolute Gasteiger partial charge is 0.496 e. The average molecular weight is 445 g/mol. The van der Waals surface area contributed by atoms with E-state index in [9.17, 15) is 13.2 Å². The normalized spacial score (nSPS) is 15.2. The molecule has 2 aromatic heterocycles. The third-order valence-electron chi connectivity index (χ3n) is 5.44. The van der Waals surface area contributed by atoms with Crippen LogP contribution in [-0.4, -0.2) is 28.8 Å². The number of ether oxygens (including phenoxy) is 2. The molecule has 5 nitrogen and oxygen atoms in total. The van der Waals surface area contributed by atoms with Crippen molar-refractivity contribution in [1.82, 2.24) is 14.6 Å². The van der Waals surface area contributed by atoms with Gasteiger partial charge in [-0.05, 0) is 55.2 Å². The summed E-state index contributed by atoms with van der Waals surface area (Å²) in [6.45, 7) is 0. The Morgan fingerprint density at radius 1 is 0.969 bits per heavy atom. The fourth-order valence-corrected chi connectivity index (χ4v) is 3.54. The van der Waals surface area contributed by atoms with Gasteiger partial charge in [-0.3, -0.25) is 4.40 Å². The smallest absolute Gasteiger partial charge is 0.423 e. The van der Waals surface area contributed by atoms with E-state index in [0.29, 0.717) is 18.2 Å². The fourth-order valence-electron chi connectivity index (χ4n) is 3.54. The van der Waals surface area contributed by atoms with Crippen molar-refractivity contribution in [3.63, 3.8) is 0 Å². The molecule has 0 amide bonds. The van der Waals surface area contributed by atoms with Crippen LogP contribution in [0.15, 0.2) is 36.5 Å². The average Bonchev–Trinajstić information content (AvgIpc) is 3.73. The first-order valence-corrected chi connectivity index (χ1v) is 10.4. The zero-order valence-corrected chi connectivity index (χ0v) is 18.1. The summed E-state index contributed by atoms with van der Waals surface area (Å²) in [5.41, 5.74) is 0.324. The minimum atomic E-state index is -4.52. The Labute approximate surface area is 185 Å². The topological polar surface area (TPSA) is 48.7 Å². The minimum Gasteiger partial charge on any atom is -0.496 e. The first-order valence-electron chi connectivity index (χ1n) is 10.4. The molecule has 170 valence electrons. The van der Waals surface area contributed by atoms with Crippen LogP contribution < -0.4 is 9.47 Å². The summed E-state index contributed by atoms with van der Waals surface area (Å²) in [5.74, 6) is 2.71. The summed E-state index contributed by atoms with van der Waals surface area (Å²) in [4.78, 5) is 0. The third kappa shape index (κ3) is 5.34. The zero-order valence-electron chi connectivity index (χ0n) is 18.1. The van der Waals surface area contributed by atoms with E-state index >= 15 is 0 Å². The number of nitrogens with zero attached hydrogens (tertiary/aromatic N) is 3. The minimum absolute atomic E-state index is 0.192. The molecule has 0 aliphatic heterocycles. The van der Waals surface area contributed by atoms with Crippen molar-refractivity contribution in [3.05, 3.63) is 53.5 Å². The number of alkyl halides is 3. The van der Waals surface area contributed by atoms with Gasteiger partial charge in [-0.1, -0.05) is 18.2 Å².